The fourth-order valence-corrected chi connectivity index (χ4v) is 2.98. The van der Waals surface area contributed by atoms with Crippen molar-refractivity contribution in [2.45, 2.75) is 13.5 Å². The molecule has 0 unspecified atom stereocenters. The third kappa shape index (κ3) is 3.62. The molecule has 2 rings (SSSR count). The van der Waals surface area contributed by atoms with Crippen LogP contribution in [0.15, 0.2) is 59.2 Å². The highest BCUT2D eigenvalue weighted by atomic mass is 32.2. The number of hydrogen-bond acceptors (Lipinski definition) is 4. The Bertz CT molecular complexity index is 736. The summed E-state index contributed by atoms with van der Waals surface area (Å²) < 4.78 is 33.8. The van der Waals surface area contributed by atoms with Gasteiger partial charge in [-0.2, -0.15) is 8.42 Å². The highest BCUT2D eigenvalue weighted by Crippen LogP contribution is 2.20. The Hall–Kier alpha value is -2.41. The average molecular weight is 320 g/mol. The van der Waals surface area contributed by atoms with Crippen LogP contribution in [-0.2, 0) is 26.3 Å². The van der Waals surface area contributed by atoms with Gasteiger partial charge in [0.05, 0.1) is 17.8 Å². The Balaban J connectivity index is 2.29. The van der Waals surface area contributed by atoms with Crippen LogP contribution >= 0.6 is 0 Å². The van der Waals surface area contributed by atoms with Crippen LogP contribution in [0.1, 0.15) is 12.5 Å². The molecular formula is C15H16N2O4S. The van der Waals surface area contributed by atoms with Crippen LogP contribution in [0, 0.1) is 0 Å². The molecule has 0 N–H and O–H groups in total. The number of carbonyl (C=O) groups excluding carboxylic acids is 1. The molecule has 7 heteroatoms. The molecule has 0 saturated heterocycles. The molecule has 22 heavy (non-hydrogen) atoms. The Morgan fingerprint density at radius 2 is 2.05 bits per heavy atom. The maximum Gasteiger partial charge on any atom is 0.344 e. The number of esters is 1. The fourth-order valence-electron chi connectivity index (χ4n) is 1.88. The molecule has 0 atom stereocenters. The molecule has 0 aromatic heterocycles. The summed E-state index contributed by atoms with van der Waals surface area (Å²) in [5, 5.41) is 0. The Morgan fingerprint density at radius 1 is 1.36 bits per heavy atom. The molecule has 1 aliphatic heterocycles. The predicted molar refractivity (Wildman–Crippen MR) is 83.3 cm³/mol. The van der Waals surface area contributed by atoms with E-state index in [9.17, 15) is 13.2 Å². The summed E-state index contributed by atoms with van der Waals surface area (Å²) in [5.41, 5.74) is 1.02. The standard InChI is InChI=1S/C15H16N2O4S/c1-3-9-21-15(18)14-11-17(22(19,20)16-12(14)2)10-13-7-5-4-6-8-13/h3-8,11H,1,9-10H2,2H3. The third-order valence-electron chi connectivity index (χ3n) is 2.94. The number of nitrogens with zero attached hydrogens (tertiary/aromatic N) is 2. The van der Waals surface area contributed by atoms with E-state index in [0.717, 1.165) is 9.87 Å². The van der Waals surface area contributed by atoms with Gasteiger partial charge in [0.2, 0.25) is 0 Å². The molecule has 0 radical (unpaired) electrons. The predicted octanol–water partition coefficient (Wildman–Crippen LogP) is 1.82. The van der Waals surface area contributed by atoms with Gasteiger partial charge in [0.1, 0.15) is 6.61 Å². The van der Waals surface area contributed by atoms with E-state index in [2.05, 4.69) is 11.0 Å². The van der Waals surface area contributed by atoms with E-state index < -0.39 is 16.2 Å². The van der Waals surface area contributed by atoms with Crippen LogP contribution in [0.2, 0.25) is 0 Å². The van der Waals surface area contributed by atoms with Gasteiger partial charge in [-0.1, -0.05) is 43.0 Å². The van der Waals surface area contributed by atoms with E-state index in [1.54, 1.807) is 12.1 Å². The highest BCUT2D eigenvalue weighted by molar-refractivity contribution is 7.88. The number of rotatable bonds is 5. The molecule has 0 amide bonds. The first-order chi connectivity index (χ1) is 10.4. The zero-order valence-corrected chi connectivity index (χ0v) is 12.9. The van der Waals surface area contributed by atoms with E-state index in [1.165, 1.54) is 19.2 Å². The van der Waals surface area contributed by atoms with Crippen molar-refractivity contribution in [2.24, 2.45) is 4.40 Å². The van der Waals surface area contributed by atoms with Gasteiger partial charge in [0, 0.05) is 6.20 Å². The van der Waals surface area contributed by atoms with Crippen molar-refractivity contribution in [3.63, 3.8) is 0 Å². The van der Waals surface area contributed by atoms with E-state index >= 15 is 0 Å². The first kappa shape index (κ1) is 16.0. The smallest absolute Gasteiger partial charge is 0.344 e. The van der Waals surface area contributed by atoms with Crippen molar-refractivity contribution < 1.29 is 17.9 Å². The second-order valence-corrected chi connectivity index (χ2v) is 6.16. The second kappa shape index (κ2) is 6.57. The summed E-state index contributed by atoms with van der Waals surface area (Å²) in [6, 6.07) is 9.05. The van der Waals surface area contributed by atoms with Crippen molar-refractivity contribution in [1.82, 2.24) is 4.31 Å². The van der Waals surface area contributed by atoms with Gasteiger partial charge in [0.15, 0.2) is 0 Å². The first-order valence-corrected chi connectivity index (χ1v) is 7.96. The zero-order valence-electron chi connectivity index (χ0n) is 12.1. The fraction of sp³-hybridized carbons (Fsp3) is 0.200. The van der Waals surface area contributed by atoms with Gasteiger partial charge in [0.25, 0.3) is 0 Å². The van der Waals surface area contributed by atoms with Gasteiger partial charge in [-0.05, 0) is 12.5 Å². The SMILES string of the molecule is C=CCOC(=O)C1=CN(Cc2ccccc2)S(=O)(=O)N=C1C. The largest absolute Gasteiger partial charge is 0.458 e. The molecule has 116 valence electrons. The van der Waals surface area contributed by atoms with Crippen LogP contribution in [0.25, 0.3) is 0 Å². The molecule has 0 spiro atoms. The number of benzene rings is 1. The minimum atomic E-state index is -3.84. The summed E-state index contributed by atoms with van der Waals surface area (Å²) in [5.74, 6) is -0.630. The van der Waals surface area contributed by atoms with Gasteiger partial charge in [-0.15, -0.1) is 4.40 Å². The second-order valence-electron chi connectivity index (χ2n) is 4.62. The maximum atomic E-state index is 12.1. The molecule has 0 bridgehead atoms. The topological polar surface area (TPSA) is 76.0 Å². The van der Waals surface area contributed by atoms with Gasteiger partial charge < -0.3 is 4.74 Å². The highest BCUT2D eigenvalue weighted by Gasteiger charge is 2.28. The zero-order chi connectivity index (χ0) is 16.2. The van der Waals surface area contributed by atoms with Crippen LogP contribution < -0.4 is 0 Å². The van der Waals surface area contributed by atoms with Crippen LogP contribution in [0.3, 0.4) is 0 Å². The van der Waals surface area contributed by atoms with Crippen LogP contribution in [0.4, 0.5) is 0 Å². The van der Waals surface area contributed by atoms with Crippen LogP contribution in [-0.4, -0.2) is 31.0 Å². The molecule has 1 aliphatic rings. The van der Waals surface area contributed by atoms with Crippen LogP contribution in [0.5, 0.6) is 0 Å². The monoisotopic (exact) mass is 320 g/mol. The van der Waals surface area contributed by atoms with Crippen molar-refractivity contribution in [2.75, 3.05) is 6.61 Å². The summed E-state index contributed by atoms with van der Waals surface area (Å²) >= 11 is 0. The lowest BCUT2D eigenvalue weighted by atomic mass is 10.2. The lowest BCUT2D eigenvalue weighted by Gasteiger charge is -2.23. The minimum absolute atomic E-state index is 0.0505. The molecule has 6 nitrogen and oxygen atoms in total. The van der Waals surface area contributed by atoms with Crippen molar-refractivity contribution >= 4 is 21.9 Å². The minimum Gasteiger partial charge on any atom is -0.458 e. The normalized spacial score (nSPS) is 16.5. The Kier molecular flexibility index (Phi) is 4.77. The summed E-state index contributed by atoms with van der Waals surface area (Å²) in [6.07, 6.45) is 2.70. The summed E-state index contributed by atoms with van der Waals surface area (Å²) in [4.78, 5) is 11.9. The molecule has 1 heterocycles. The summed E-state index contributed by atoms with van der Waals surface area (Å²) in [7, 11) is -3.84. The number of hydrogen-bond donors (Lipinski definition) is 0. The Morgan fingerprint density at radius 3 is 2.68 bits per heavy atom. The van der Waals surface area contributed by atoms with Crippen molar-refractivity contribution in [3.05, 3.63) is 60.3 Å². The lowest BCUT2D eigenvalue weighted by molar-refractivity contribution is -0.137. The van der Waals surface area contributed by atoms with E-state index in [-0.39, 0.29) is 24.4 Å². The number of carbonyl (C=O) groups is 1. The quantitative estimate of drug-likeness (QED) is 0.612. The first-order valence-electron chi connectivity index (χ1n) is 6.56. The molecule has 1 aromatic carbocycles. The summed E-state index contributed by atoms with van der Waals surface area (Å²) in [6.45, 7) is 5.06. The van der Waals surface area contributed by atoms with E-state index in [1.807, 2.05) is 18.2 Å². The third-order valence-corrected chi connectivity index (χ3v) is 4.28. The van der Waals surface area contributed by atoms with Gasteiger partial charge >= 0.3 is 16.2 Å². The lowest BCUT2D eigenvalue weighted by Crippen LogP contribution is -2.31. The van der Waals surface area contributed by atoms with Crippen molar-refractivity contribution in [3.8, 4) is 0 Å². The number of ether oxygens (including phenoxy) is 1. The van der Waals surface area contributed by atoms with E-state index in [4.69, 9.17) is 4.74 Å². The molecule has 0 saturated carbocycles. The van der Waals surface area contributed by atoms with Gasteiger partial charge in [-0.25, -0.2) is 4.79 Å². The molecular weight excluding hydrogens is 304 g/mol. The molecule has 0 aliphatic carbocycles. The molecule has 0 fully saturated rings. The van der Waals surface area contributed by atoms with E-state index in [0.29, 0.717) is 0 Å². The van der Waals surface area contributed by atoms with Gasteiger partial charge in [-0.3, -0.25) is 4.31 Å². The average Bonchev–Trinajstić information content (AvgIpc) is 2.48. The van der Waals surface area contributed by atoms with Crippen molar-refractivity contribution in [1.29, 1.82) is 0 Å². The molecule has 1 aromatic rings. The Labute approximate surface area is 129 Å². The maximum absolute atomic E-state index is 12.1.